The Morgan fingerprint density at radius 3 is 2.47 bits per heavy atom. The topological polar surface area (TPSA) is 54.0 Å². The van der Waals surface area contributed by atoms with Gasteiger partial charge in [0, 0.05) is 45.5 Å². The van der Waals surface area contributed by atoms with Crippen molar-refractivity contribution in [2.24, 2.45) is 5.41 Å². The van der Waals surface area contributed by atoms with Gasteiger partial charge in [0.05, 0.1) is 12.1 Å². The van der Waals surface area contributed by atoms with E-state index >= 15 is 0 Å². The van der Waals surface area contributed by atoms with Crippen LogP contribution in [0.2, 0.25) is 0 Å². The average Bonchev–Trinajstić information content (AvgIpc) is 3.27. The number of benzene rings is 1. The van der Waals surface area contributed by atoms with Crippen molar-refractivity contribution < 1.29 is 14.3 Å². The average molecular weight is 472 g/mol. The maximum Gasteiger partial charge on any atom is 0.410 e. The van der Waals surface area contributed by atoms with Gasteiger partial charge in [0.15, 0.2) is 0 Å². The highest BCUT2D eigenvalue weighted by molar-refractivity contribution is 5.69. The second kappa shape index (κ2) is 10.1. The summed E-state index contributed by atoms with van der Waals surface area (Å²) in [7, 11) is 1.81. The third-order valence-electron chi connectivity index (χ3n) is 7.92. The number of piperazine rings is 1. The number of methoxy groups -OCH3 is 1. The minimum Gasteiger partial charge on any atom is -0.444 e. The monoisotopic (exact) mass is 471 g/mol. The highest BCUT2D eigenvalue weighted by atomic mass is 16.6. The lowest BCUT2D eigenvalue weighted by molar-refractivity contribution is 0.0116. The van der Waals surface area contributed by atoms with E-state index in [0.29, 0.717) is 24.0 Å². The molecule has 6 nitrogen and oxygen atoms in total. The van der Waals surface area contributed by atoms with Gasteiger partial charge in [-0.05, 0) is 87.5 Å². The maximum atomic E-state index is 13.2. The maximum absolute atomic E-state index is 13.2. The summed E-state index contributed by atoms with van der Waals surface area (Å²) < 4.78 is 11.4. The Morgan fingerprint density at radius 2 is 1.82 bits per heavy atom. The molecule has 190 valence electrons. The summed E-state index contributed by atoms with van der Waals surface area (Å²) >= 11 is 0. The number of rotatable bonds is 4. The molecule has 0 bridgehead atoms. The predicted octanol–water partition coefficient (Wildman–Crippen LogP) is 5.48. The van der Waals surface area contributed by atoms with Crippen molar-refractivity contribution in [1.82, 2.24) is 10.2 Å². The van der Waals surface area contributed by atoms with Gasteiger partial charge in [-0.3, -0.25) is 4.90 Å². The highest BCUT2D eigenvalue weighted by Gasteiger charge is 2.36. The van der Waals surface area contributed by atoms with E-state index in [9.17, 15) is 4.79 Å². The summed E-state index contributed by atoms with van der Waals surface area (Å²) in [6, 6.07) is 6.97. The lowest BCUT2D eigenvalue weighted by atomic mass is 9.70. The van der Waals surface area contributed by atoms with Gasteiger partial charge in [0.2, 0.25) is 0 Å². The molecule has 0 radical (unpaired) electrons. The minimum atomic E-state index is -0.498. The SMILES string of the molecule is CO[C@@H]1CCN(c2ccc(C3CNCCN3C(=O)OC(C)(C)C)c(C3CCC(C)(C)CC3)c2)C1. The first-order valence-electron chi connectivity index (χ1n) is 13.2. The van der Waals surface area contributed by atoms with Crippen molar-refractivity contribution >= 4 is 11.8 Å². The molecule has 3 fully saturated rings. The summed E-state index contributed by atoms with van der Waals surface area (Å²) in [5, 5.41) is 3.53. The number of hydrogen-bond donors (Lipinski definition) is 1. The number of amides is 1. The second-order valence-electron chi connectivity index (χ2n) is 12.2. The standard InChI is InChI=1S/C28H45N3O3/c1-27(2,3)34-26(32)31-16-14-29-18-25(31)23-8-7-21(30-15-11-22(19-30)33-6)17-24(23)20-9-12-28(4,5)13-10-20/h7-8,17,20,22,25,29H,9-16,18-19H2,1-6H3/t22-,25?/m1/s1. The minimum absolute atomic E-state index is 0.00658. The van der Waals surface area contributed by atoms with Crippen molar-refractivity contribution in [3.05, 3.63) is 29.3 Å². The van der Waals surface area contributed by atoms with E-state index in [-0.39, 0.29) is 12.1 Å². The third-order valence-corrected chi connectivity index (χ3v) is 7.92. The van der Waals surface area contributed by atoms with Crippen LogP contribution in [-0.4, -0.2) is 62.5 Å². The Hall–Kier alpha value is -1.79. The number of anilines is 1. The summed E-state index contributed by atoms with van der Waals surface area (Å²) in [5.74, 6) is 0.534. The molecule has 1 N–H and O–H groups in total. The fourth-order valence-corrected chi connectivity index (χ4v) is 5.80. The molecule has 2 saturated heterocycles. The lowest BCUT2D eigenvalue weighted by Gasteiger charge is -2.40. The van der Waals surface area contributed by atoms with Gasteiger partial charge in [-0.15, -0.1) is 0 Å². The zero-order chi connectivity index (χ0) is 24.5. The molecule has 3 aliphatic rings. The van der Waals surface area contributed by atoms with Gasteiger partial charge in [-0.1, -0.05) is 19.9 Å². The highest BCUT2D eigenvalue weighted by Crippen LogP contribution is 2.45. The molecule has 0 spiro atoms. The predicted molar refractivity (Wildman–Crippen MR) is 138 cm³/mol. The molecule has 2 atom stereocenters. The van der Waals surface area contributed by atoms with Crippen LogP contribution in [0.1, 0.15) is 89.8 Å². The zero-order valence-electron chi connectivity index (χ0n) is 22.2. The number of carbonyl (C=O) groups is 1. The number of nitrogens with zero attached hydrogens (tertiary/aromatic N) is 2. The van der Waals surface area contributed by atoms with Crippen molar-refractivity contribution in [2.75, 3.05) is 44.7 Å². The van der Waals surface area contributed by atoms with Crippen molar-refractivity contribution in [3.8, 4) is 0 Å². The fraction of sp³-hybridized carbons (Fsp3) is 0.750. The Kier molecular flexibility index (Phi) is 7.49. The van der Waals surface area contributed by atoms with Crippen LogP contribution < -0.4 is 10.2 Å². The van der Waals surface area contributed by atoms with Crippen LogP contribution in [0.4, 0.5) is 10.5 Å². The molecule has 1 unspecified atom stereocenters. The summed E-state index contributed by atoms with van der Waals surface area (Å²) in [6.45, 7) is 14.8. The zero-order valence-corrected chi connectivity index (χ0v) is 22.2. The van der Waals surface area contributed by atoms with Crippen LogP contribution in [-0.2, 0) is 9.47 Å². The molecule has 1 saturated carbocycles. The Balaban J connectivity index is 1.66. The molecule has 2 aliphatic heterocycles. The normalized spacial score (nSPS) is 26.1. The molecule has 1 amide bonds. The van der Waals surface area contributed by atoms with E-state index in [1.165, 1.54) is 42.5 Å². The van der Waals surface area contributed by atoms with Crippen molar-refractivity contribution in [2.45, 2.75) is 90.4 Å². The molecular weight excluding hydrogens is 426 g/mol. The smallest absolute Gasteiger partial charge is 0.410 e. The van der Waals surface area contributed by atoms with E-state index in [2.05, 4.69) is 42.3 Å². The van der Waals surface area contributed by atoms with Gasteiger partial charge in [-0.25, -0.2) is 4.79 Å². The van der Waals surface area contributed by atoms with E-state index in [4.69, 9.17) is 9.47 Å². The van der Waals surface area contributed by atoms with Crippen molar-refractivity contribution in [3.63, 3.8) is 0 Å². The first kappa shape index (κ1) is 25.3. The second-order valence-corrected chi connectivity index (χ2v) is 12.2. The molecule has 1 aliphatic carbocycles. The third kappa shape index (κ3) is 5.88. The molecule has 2 heterocycles. The van der Waals surface area contributed by atoms with Crippen LogP contribution >= 0.6 is 0 Å². The van der Waals surface area contributed by atoms with Gasteiger partial charge in [0.25, 0.3) is 0 Å². The molecule has 4 rings (SSSR count). The quantitative estimate of drug-likeness (QED) is 0.630. The van der Waals surface area contributed by atoms with Crippen LogP contribution in [0.25, 0.3) is 0 Å². The van der Waals surface area contributed by atoms with E-state index in [0.717, 1.165) is 32.6 Å². The number of hydrogen-bond acceptors (Lipinski definition) is 5. The van der Waals surface area contributed by atoms with Gasteiger partial charge < -0.3 is 19.7 Å². The number of nitrogens with one attached hydrogen (secondary N) is 1. The van der Waals surface area contributed by atoms with Crippen LogP contribution in [0.15, 0.2) is 18.2 Å². The van der Waals surface area contributed by atoms with Gasteiger partial charge >= 0.3 is 6.09 Å². The molecular formula is C28H45N3O3. The van der Waals surface area contributed by atoms with E-state index in [1.54, 1.807) is 0 Å². The lowest BCUT2D eigenvalue weighted by Crippen LogP contribution is -2.50. The summed E-state index contributed by atoms with van der Waals surface area (Å²) in [4.78, 5) is 17.6. The molecule has 1 aromatic rings. The summed E-state index contributed by atoms with van der Waals surface area (Å²) in [5.41, 5.74) is 3.92. The Morgan fingerprint density at radius 1 is 1.09 bits per heavy atom. The fourth-order valence-electron chi connectivity index (χ4n) is 5.80. The number of carbonyl (C=O) groups excluding carboxylic acids is 1. The van der Waals surface area contributed by atoms with Crippen LogP contribution in [0.3, 0.4) is 0 Å². The number of ether oxygens (including phenoxy) is 2. The molecule has 1 aromatic carbocycles. The van der Waals surface area contributed by atoms with Gasteiger partial charge in [0.1, 0.15) is 5.60 Å². The molecule has 34 heavy (non-hydrogen) atoms. The molecule has 6 heteroatoms. The van der Waals surface area contributed by atoms with Crippen LogP contribution in [0, 0.1) is 5.41 Å². The Labute approximate surface area is 206 Å². The first-order valence-corrected chi connectivity index (χ1v) is 13.2. The van der Waals surface area contributed by atoms with Crippen LogP contribution in [0.5, 0.6) is 0 Å². The van der Waals surface area contributed by atoms with E-state index in [1.807, 2.05) is 32.8 Å². The largest absolute Gasteiger partial charge is 0.444 e. The van der Waals surface area contributed by atoms with Gasteiger partial charge in [-0.2, -0.15) is 0 Å². The van der Waals surface area contributed by atoms with E-state index < -0.39 is 5.60 Å². The van der Waals surface area contributed by atoms with Crippen molar-refractivity contribution in [1.29, 1.82) is 0 Å². The molecule has 0 aromatic heterocycles. The summed E-state index contributed by atoms with van der Waals surface area (Å²) in [6.07, 6.45) is 6.08. The Bertz CT molecular complexity index is 853. The first-order chi connectivity index (χ1) is 16.1.